The lowest BCUT2D eigenvalue weighted by Crippen LogP contribution is -2.41. The van der Waals surface area contributed by atoms with Crippen LogP contribution in [0.3, 0.4) is 0 Å². The molecule has 0 saturated carbocycles. The molecule has 6 nitrogen and oxygen atoms in total. The van der Waals surface area contributed by atoms with Crippen molar-refractivity contribution in [2.45, 2.75) is 90.3 Å². The van der Waals surface area contributed by atoms with Gasteiger partial charge < -0.3 is 14.0 Å². The van der Waals surface area contributed by atoms with Gasteiger partial charge in [0, 0.05) is 81.2 Å². The van der Waals surface area contributed by atoms with Crippen molar-refractivity contribution in [1.29, 1.82) is 0 Å². The second kappa shape index (κ2) is 20.7. The zero-order chi connectivity index (χ0) is 57.9. The van der Waals surface area contributed by atoms with Crippen LogP contribution < -0.4 is 5.46 Å². The van der Waals surface area contributed by atoms with E-state index in [9.17, 15) is 0 Å². The van der Waals surface area contributed by atoms with Crippen molar-refractivity contribution in [2.24, 2.45) is 0 Å². The highest BCUT2D eigenvalue weighted by atomic mass is 79.9. The summed E-state index contributed by atoms with van der Waals surface area (Å²) in [5.41, 5.74) is 16.2. The van der Waals surface area contributed by atoms with E-state index >= 15 is 0 Å². The van der Waals surface area contributed by atoms with Crippen molar-refractivity contribution in [3.05, 3.63) is 226 Å². The lowest BCUT2D eigenvalue weighted by Gasteiger charge is -2.32. The summed E-state index contributed by atoms with van der Waals surface area (Å²) in [6.07, 6.45) is 13.7. The van der Waals surface area contributed by atoms with E-state index in [2.05, 4.69) is 208 Å². The Morgan fingerprint density at radius 2 is 0.881 bits per heavy atom. The van der Waals surface area contributed by atoms with Crippen LogP contribution >= 0.6 is 31.9 Å². The Morgan fingerprint density at radius 3 is 1.44 bits per heavy atom. The zero-order valence-electron chi connectivity index (χ0n) is 48.7. The van der Waals surface area contributed by atoms with Gasteiger partial charge in [-0.1, -0.05) is 163 Å². The first-order chi connectivity index (χ1) is 40.5. The minimum absolute atomic E-state index is 0.000514. The van der Waals surface area contributed by atoms with Crippen molar-refractivity contribution in [3.63, 3.8) is 0 Å². The summed E-state index contributed by atoms with van der Waals surface area (Å²) in [5.74, 6) is 0. The van der Waals surface area contributed by atoms with Crippen LogP contribution in [0.4, 0.5) is 0 Å². The van der Waals surface area contributed by atoms with E-state index in [1.807, 2.05) is 76.7 Å². The van der Waals surface area contributed by atoms with Gasteiger partial charge in [-0.25, -0.2) is 0 Å². The number of aromatic nitrogens is 3. The molecular weight excluding hydrogens is 1160 g/mol. The first-order valence-corrected chi connectivity index (χ1v) is 30.8. The van der Waals surface area contributed by atoms with Gasteiger partial charge in [0.2, 0.25) is 0 Å². The van der Waals surface area contributed by atoms with Crippen LogP contribution in [0.2, 0.25) is 0 Å². The van der Waals surface area contributed by atoms with Gasteiger partial charge in [-0.3, -0.25) is 15.0 Å². The van der Waals surface area contributed by atoms with E-state index < -0.39 is 0 Å². The molecule has 0 spiro atoms. The van der Waals surface area contributed by atoms with E-state index in [1.165, 1.54) is 133 Å². The lowest BCUT2D eigenvalue weighted by molar-refractivity contribution is 0.00578. The van der Waals surface area contributed by atoms with E-state index in [-0.39, 0.29) is 29.2 Å². The van der Waals surface area contributed by atoms with Crippen molar-refractivity contribution < 1.29 is 14.0 Å². The molecule has 84 heavy (non-hydrogen) atoms. The van der Waals surface area contributed by atoms with Gasteiger partial charge in [0.1, 0.15) is 0 Å². The fourth-order valence-corrected chi connectivity index (χ4v) is 14.4. The highest BCUT2D eigenvalue weighted by molar-refractivity contribution is 9.11. The van der Waals surface area contributed by atoms with Crippen LogP contribution in [0.1, 0.15) is 90.5 Å². The number of hydrogen-bond donors (Lipinski definition) is 0. The van der Waals surface area contributed by atoms with E-state index in [0.717, 1.165) is 38.7 Å². The first kappa shape index (κ1) is 54.6. The summed E-state index contributed by atoms with van der Waals surface area (Å²) in [4.78, 5) is 12.8. The maximum absolute atomic E-state index is 5.89. The number of rotatable bonds is 3. The first-order valence-electron chi connectivity index (χ1n) is 29.2. The quantitative estimate of drug-likeness (QED) is 0.130. The third-order valence-corrected chi connectivity index (χ3v) is 19.9. The largest absolute Gasteiger partial charge is 0.496 e. The van der Waals surface area contributed by atoms with Crippen LogP contribution in [-0.2, 0) is 24.9 Å². The second-order valence-corrected chi connectivity index (χ2v) is 26.8. The van der Waals surface area contributed by atoms with Crippen LogP contribution in [0.15, 0.2) is 204 Å². The molecule has 17 rings (SSSR count). The summed E-state index contributed by atoms with van der Waals surface area (Å²) in [6, 6.07) is 58.0. The van der Waals surface area contributed by atoms with Gasteiger partial charge >= 0.3 is 7.12 Å². The molecule has 0 unspecified atom stereocenters. The molecule has 0 bridgehead atoms. The topological polar surface area (TPSA) is 66.4 Å². The molecule has 9 heteroatoms. The fourth-order valence-electron chi connectivity index (χ4n) is 13.6. The van der Waals surface area contributed by atoms with Gasteiger partial charge in [-0.2, -0.15) is 0 Å². The van der Waals surface area contributed by atoms with E-state index in [1.54, 1.807) is 12.4 Å². The van der Waals surface area contributed by atoms with Gasteiger partial charge in [0.05, 0.1) is 11.2 Å². The summed E-state index contributed by atoms with van der Waals surface area (Å²) in [7, 11) is -0.302. The second-order valence-electron chi connectivity index (χ2n) is 25.0. The molecule has 5 heterocycles. The van der Waals surface area contributed by atoms with Crippen molar-refractivity contribution in [1.82, 2.24) is 15.0 Å². The number of ether oxygens (including phenoxy) is 1. The molecule has 414 valence electrons. The average Bonchev–Trinajstić information content (AvgIpc) is 1.53. The Morgan fingerprint density at radius 1 is 0.405 bits per heavy atom. The number of halogens is 2. The Balaban J connectivity index is 0.000000116. The average molecular weight is 1230 g/mol. The van der Waals surface area contributed by atoms with Crippen LogP contribution in [-0.4, -0.2) is 46.5 Å². The van der Waals surface area contributed by atoms with Crippen molar-refractivity contribution in [2.75, 3.05) is 13.2 Å². The predicted molar refractivity (Wildman–Crippen MR) is 357 cm³/mol. The number of nitrogens with zero attached hydrogens (tertiary/aromatic N) is 3. The molecule has 4 aliphatic rings. The monoisotopic (exact) mass is 1220 g/mol. The molecular formula is C75H64BBr2N3O3. The third kappa shape index (κ3) is 8.95. The molecule has 0 amide bonds. The molecule has 2 aliphatic carbocycles. The minimum Gasteiger partial charge on any atom is -0.399 e. The third-order valence-electron chi connectivity index (χ3n) is 18.8. The molecule has 13 aromatic rings. The molecule has 10 aromatic carbocycles. The molecule has 2 aliphatic heterocycles. The summed E-state index contributed by atoms with van der Waals surface area (Å²) >= 11 is 7.42. The summed E-state index contributed by atoms with van der Waals surface area (Å²) < 4.78 is 19.0. The van der Waals surface area contributed by atoms with Gasteiger partial charge in [-0.05, 0) is 221 Å². The highest BCUT2D eigenvalue weighted by Crippen LogP contribution is 2.56. The number of fused-ring (bicyclic) bond motifs is 8. The summed E-state index contributed by atoms with van der Waals surface area (Å²) in [6.45, 7) is 19.6. The molecule has 0 atom stereocenters. The van der Waals surface area contributed by atoms with Gasteiger partial charge in [0.15, 0.2) is 0 Å². The Bertz CT molecular complexity index is 4650. The van der Waals surface area contributed by atoms with E-state index in [0.29, 0.717) is 0 Å². The molecule has 2 fully saturated rings. The normalized spacial score (nSPS) is 16.5. The Kier molecular flexibility index (Phi) is 13.5. The minimum atomic E-state index is -0.302. The zero-order valence-corrected chi connectivity index (χ0v) is 51.9. The molecule has 3 aromatic heterocycles. The maximum Gasteiger partial charge on any atom is 0.496 e. The predicted octanol–water partition coefficient (Wildman–Crippen LogP) is 19.6. The van der Waals surface area contributed by atoms with E-state index in [4.69, 9.17) is 14.0 Å². The van der Waals surface area contributed by atoms with Crippen LogP contribution in [0.25, 0.3) is 109 Å². The smallest absolute Gasteiger partial charge is 0.399 e. The molecule has 0 radical (unpaired) electrons. The standard InChI is InChI=1S/C35H24N2.C25H16Br2.C11H16BNO2.C4H8O/c1-35(2)30-17-22(24-5-3-15-36-19-24)9-13-28(30)34-29-14-8-21-7-11-26(25-6-4-16-37-20-25)27-12-10-23(18-31(34)35)33(29)32(21)27;1-25(2)19-12-15(26)6-9-16(19)24-18-8-3-13-5-10-21(27)17-7-4-14(11-20(24)25)23(18)22(13)17;1-10(2)11(3,4)15-12(14-10)9-6-5-7-13-8-9;1-2-4-5-3-1/h3-20H,1-2H3;3-12H,1-2H3;5-8H,1-4H3;1-4H2. The maximum atomic E-state index is 5.89. The Hall–Kier alpha value is -7.37. The SMILES string of the molecule is C1CCOC1.CC1(C)OB(c2cccnc2)OC1(C)C.CC1(C)c2cc(-c3cccnc3)ccc2-c2c1cc1ccc3c(-c4cccnc4)ccc4ccc2c1c43.CC1(C)c2cc(Br)ccc2-c2c1cc1ccc3c(Br)ccc4ccc2c1c43. The van der Waals surface area contributed by atoms with Crippen molar-refractivity contribution >= 4 is 109 Å². The Labute approximate surface area is 508 Å². The summed E-state index contributed by atoms with van der Waals surface area (Å²) in [5, 5.41) is 16.0. The van der Waals surface area contributed by atoms with Crippen molar-refractivity contribution in [3.8, 4) is 44.5 Å². The molecule has 0 N–H and O–H groups in total. The number of pyridine rings is 3. The fraction of sp³-hybridized carbons (Fsp3) is 0.213. The van der Waals surface area contributed by atoms with Crippen LogP contribution in [0, 0.1) is 0 Å². The lowest BCUT2D eigenvalue weighted by atomic mass is 9.80. The van der Waals surface area contributed by atoms with Gasteiger partial charge in [0.25, 0.3) is 0 Å². The number of hydrogen-bond acceptors (Lipinski definition) is 6. The number of benzene rings is 10. The van der Waals surface area contributed by atoms with Crippen LogP contribution in [0.5, 0.6) is 0 Å². The highest BCUT2D eigenvalue weighted by Gasteiger charge is 2.52. The molecule has 2 saturated heterocycles. The van der Waals surface area contributed by atoms with Gasteiger partial charge in [-0.15, -0.1) is 0 Å².